The Labute approximate surface area is 183 Å². The van der Waals surface area contributed by atoms with Crippen molar-refractivity contribution in [2.45, 2.75) is 24.2 Å². The zero-order chi connectivity index (χ0) is 21.3. The van der Waals surface area contributed by atoms with E-state index in [1.165, 1.54) is 11.8 Å². The molecule has 2 aromatic rings. The molecule has 0 aliphatic heterocycles. The second-order valence-electron chi connectivity index (χ2n) is 6.16. The van der Waals surface area contributed by atoms with E-state index in [0.29, 0.717) is 24.3 Å². The minimum absolute atomic E-state index is 0.328. The van der Waals surface area contributed by atoms with E-state index in [1.807, 2.05) is 48.5 Å². The van der Waals surface area contributed by atoms with E-state index < -0.39 is 5.97 Å². The number of ether oxygens (including phenoxy) is 1. The van der Waals surface area contributed by atoms with Gasteiger partial charge in [-0.2, -0.15) is 0 Å². The van der Waals surface area contributed by atoms with Gasteiger partial charge in [0.1, 0.15) is 12.4 Å². The van der Waals surface area contributed by atoms with Gasteiger partial charge in [0.2, 0.25) is 0 Å². The first kappa shape index (κ1) is 23.1. The van der Waals surface area contributed by atoms with E-state index >= 15 is 0 Å². The third kappa shape index (κ3) is 9.86. The summed E-state index contributed by atoms with van der Waals surface area (Å²) in [7, 11) is 0. The van der Waals surface area contributed by atoms with Crippen LogP contribution in [0.3, 0.4) is 0 Å². The number of carboxylic acid groups (broad SMARTS) is 1. The number of hydrogen-bond acceptors (Lipinski definition) is 3. The van der Waals surface area contributed by atoms with Gasteiger partial charge in [0.05, 0.1) is 11.3 Å². The van der Waals surface area contributed by atoms with Crippen LogP contribution in [0.5, 0.6) is 5.75 Å². The second kappa shape index (κ2) is 14.8. The molecule has 1 N–H and O–H groups in total. The number of carboxylic acids is 1. The summed E-state index contributed by atoms with van der Waals surface area (Å²) in [6.45, 7) is 0.580. The summed E-state index contributed by atoms with van der Waals surface area (Å²) in [4.78, 5) is 11.9. The Morgan fingerprint density at radius 3 is 2.30 bits per heavy atom. The first-order chi connectivity index (χ1) is 14.8. The Morgan fingerprint density at radius 1 is 0.867 bits per heavy atom. The van der Waals surface area contributed by atoms with Gasteiger partial charge < -0.3 is 9.84 Å². The summed E-state index contributed by atoms with van der Waals surface area (Å²) in [6.07, 6.45) is 15.0. The zero-order valence-corrected chi connectivity index (χ0v) is 17.7. The molecule has 0 heterocycles. The van der Waals surface area contributed by atoms with Gasteiger partial charge in [-0.15, -0.1) is 11.8 Å². The lowest BCUT2D eigenvalue weighted by molar-refractivity contribution is 0.0693. The molecule has 0 spiro atoms. The van der Waals surface area contributed by atoms with Crippen LogP contribution in [0.15, 0.2) is 95.9 Å². The summed E-state index contributed by atoms with van der Waals surface area (Å²) < 4.78 is 5.58. The molecule has 0 radical (unpaired) electrons. The third-order valence-electron chi connectivity index (χ3n) is 3.90. The number of aromatic carboxylic acids is 1. The minimum Gasteiger partial charge on any atom is -0.490 e. The van der Waals surface area contributed by atoms with Crippen molar-refractivity contribution in [3.63, 3.8) is 0 Å². The van der Waals surface area contributed by atoms with Gasteiger partial charge in [-0.25, -0.2) is 4.79 Å². The lowest BCUT2D eigenvalue weighted by Gasteiger charge is -2.01. The molecular formula is C26H26O3S. The largest absolute Gasteiger partial charge is 0.490 e. The average Bonchev–Trinajstić information content (AvgIpc) is 2.77. The Bertz CT molecular complexity index is 918. The van der Waals surface area contributed by atoms with Crippen LogP contribution in [0.25, 0.3) is 0 Å². The van der Waals surface area contributed by atoms with Crippen molar-refractivity contribution < 1.29 is 14.6 Å². The van der Waals surface area contributed by atoms with Gasteiger partial charge in [-0.3, -0.25) is 0 Å². The maximum Gasteiger partial charge on any atom is 0.336 e. The molecule has 0 aliphatic carbocycles. The Kier molecular flexibility index (Phi) is 11.4. The average molecular weight is 419 g/mol. The molecule has 0 fully saturated rings. The Morgan fingerprint density at radius 2 is 1.53 bits per heavy atom. The number of allylic oxidation sites excluding steroid dienone is 5. The van der Waals surface area contributed by atoms with E-state index in [9.17, 15) is 4.79 Å². The third-order valence-corrected chi connectivity index (χ3v) is 4.85. The molecule has 0 saturated carbocycles. The van der Waals surface area contributed by atoms with E-state index in [1.54, 1.807) is 12.1 Å². The molecule has 0 saturated heterocycles. The number of rotatable bonds is 11. The molecule has 0 aliphatic rings. The standard InChI is InChI=1S/C26H26O3S/c27-26(28)24-19-13-14-20-25(24)30-22-16-9-7-5-3-1-2-4-6-8-15-21-29-23-17-11-10-12-18-23/h2-5,8,10-15,17-20H,1,6-7,21-22H2,(H,27,28)/b4-2-,5-3-,15-8-. The first-order valence-electron chi connectivity index (χ1n) is 9.81. The van der Waals surface area contributed by atoms with E-state index in [2.05, 4.69) is 42.2 Å². The van der Waals surface area contributed by atoms with Gasteiger partial charge in [-0.05, 0) is 37.1 Å². The van der Waals surface area contributed by atoms with Crippen molar-refractivity contribution in [1.82, 2.24) is 0 Å². The van der Waals surface area contributed by atoms with Gasteiger partial charge in [0.15, 0.2) is 0 Å². The lowest BCUT2D eigenvalue weighted by atomic mass is 10.2. The molecular weight excluding hydrogens is 392 g/mol. The molecule has 0 amide bonds. The highest BCUT2D eigenvalue weighted by atomic mass is 32.2. The van der Waals surface area contributed by atoms with Crippen LogP contribution in [-0.2, 0) is 0 Å². The molecule has 30 heavy (non-hydrogen) atoms. The van der Waals surface area contributed by atoms with E-state index in [0.717, 1.165) is 23.5 Å². The van der Waals surface area contributed by atoms with E-state index in [4.69, 9.17) is 9.84 Å². The summed E-state index contributed by atoms with van der Waals surface area (Å²) in [5.74, 6) is 6.72. The second-order valence-corrected chi connectivity index (χ2v) is 7.17. The van der Waals surface area contributed by atoms with Crippen molar-refractivity contribution in [1.29, 1.82) is 0 Å². The fourth-order valence-corrected chi connectivity index (χ4v) is 3.23. The van der Waals surface area contributed by atoms with Gasteiger partial charge >= 0.3 is 5.97 Å². The molecule has 154 valence electrons. The van der Waals surface area contributed by atoms with Crippen molar-refractivity contribution in [2.75, 3.05) is 12.4 Å². The van der Waals surface area contributed by atoms with Gasteiger partial charge in [0, 0.05) is 11.3 Å². The quantitative estimate of drug-likeness (QED) is 0.261. The molecule has 4 heteroatoms. The number of benzene rings is 2. The topological polar surface area (TPSA) is 46.5 Å². The molecule has 0 bridgehead atoms. The van der Waals surface area contributed by atoms with Crippen molar-refractivity contribution >= 4 is 17.7 Å². The highest BCUT2D eigenvalue weighted by Crippen LogP contribution is 2.22. The van der Waals surface area contributed by atoms with Crippen LogP contribution in [0.2, 0.25) is 0 Å². The summed E-state index contributed by atoms with van der Waals surface area (Å²) in [5, 5.41) is 9.15. The fourth-order valence-electron chi connectivity index (χ4n) is 2.42. The van der Waals surface area contributed by atoms with Gasteiger partial charge in [0.25, 0.3) is 0 Å². The minimum atomic E-state index is -0.905. The highest BCUT2D eigenvalue weighted by molar-refractivity contribution is 7.99. The van der Waals surface area contributed by atoms with Crippen molar-refractivity contribution in [3.8, 4) is 17.6 Å². The number of carbonyl (C=O) groups is 1. The molecule has 0 atom stereocenters. The normalized spacial score (nSPS) is 11.1. The van der Waals surface area contributed by atoms with Crippen LogP contribution in [0, 0.1) is 11.8 Å². The van der Waals surface area contributed by atoms with Crippen LogP contribution in [0.4, 0.5) is 0 Å². The highest BCUT2D eigenvalue weighted by Gasteiger charge is 2.08. The molecule has 0 aromatic heterocycles. The molecule has 3 nitrogen and oxygen atoms in total. The van der Waals surface area contributed by atoms with Crippen LogP contribution < -0.4 is 4.74 Å². The SMILES string of the molecule is O=C(O)c1ccccc1SCC#CC/C=C\C/C=C\C/C=C\COc1ccccc1. The van der Waals surface area contributed by atoms with Crippen molar-refractivity contribution in [3.05, 3.63) is 96.6 Å². The predicted molar refractivity (Wildman–Crippen MR) is 125 cm³/mol. The maximum atomic E-state index is 11.1. The summed E-state index contributed by atoms with van der Waals surface area (Å²) in [5.41, 5.74) is 0.328. The van der Waals surface area contributed by atoms with Crippen molar-refractivity contribution in [2.24, 2.45) is 0 Å². The molecule has 0 unspecified atom stereocenters. The number of hydrogen-bond donors (Lipinski definition) is 1. The Hall–Kier alpha value is -3.16. The maximum absolute atomic E-state index is 11.1. The Balaban J connectivity index is 1.53. The number of para-hydroxylation sites is 1. The lowest BCUT2D eigenvalue weighted by Crippen LogP contribution is -1.98. The summed E-state index contributed by atoms with van der Waals surface area (Å²) in [6, 6.07) is 16.8. The monoisotopic (exact) mass is 418 g/mol. The summed E-state index contributed by atoms with van der Waals surface area (Å²) >= 11 is 1.45. The van der Waals surface area contributed by atoms with Crippen LogP contribution in [0.1, 0.15) is 29.6 Å². The van der Waals surface area contributed by atoms with Crippen LogP contribution >= 0.6 is 11.8 Å². The van der Waals surface area contributed by atoms with E-state index in [-0.39, 0.29) is 0 Å². The fraction of sp³-hybridized carbons (Fsp3) is 0.192. The molecule has 2 aromatic carbocycles. The van der Waals surface area contributed by atoms with Crippen LogP contribution in [-0.4, -0.2) is 23.4 Å². The predicted octanol–water partition coefficient (Wildman–Crippen LogP) is 6.40. The first-order valence-corrected chi connectivity index (χ1v) is 10.8. The van der Waals surface area contributed by atoms with Gasteiger partial charge in [-0.1, -0.05) is 78.6 Å². The molecule has 2 rings (SSSR count). The smallest absolute Gasteiger partial charge is 0.336 e. The zero-order valence-electron chi connectivity index (χ0n) is 16.9. The number of thioether (sulfide) groups is 1.